The van der Waals surface area contributed by atoms with Crippen LogP contribution in [0.1, 0.15) is 18.1 Å². The van der Waals surface area contributed by atoms with Crippen LogP contribution in [0.3, 0.4) is 0 Å². The molecule has 0 amide bonds. The van der Waals surface area contributed by atoms with E-state index in [1.807, 2.05) is 30.3 Å². The third-order valence-electron chi connectivity index (χ3n) is 2.77. The van der Waals surface area contributed by atoms with Gasteiger partial charge in [-0.3, -0.25) is 0 Å². The standard InChI is InChI=1S/C15H15FO2.C2H5NO/c16-14-6-7-15(13(10-14)8-9-17)18-11-12-4-2-1-3-5-12;1-2-3-4/h1-7,10,17H,8-9,11H2;2H2,1H3. The summed E-state index contributed by atoms with van der Waals surface area (Å²) in [6.07, 6.45) is 0.391. The fraction of sp³-hybridized carbons (Fsp3) is 0.294. The Hall–Kier alpha value is -2.27. The maximum atomic E-state index is 13.1. The number of nitroso groups, excluding NO2 is 1. The van der Waals surface area contributed by atoms with Crippen LogP contribution in [0.15, 0.2) is 53.7 Å². The van der Waals surface area contributed by atoms with Gasteiger partial charge in [0.2, 0.25) is 0 Å². The second-order valence-corrected chi connectivity index (χ2v) is 4.45. The van der Waals surface area contributed by atoms with Gasteiger partial charge in [0.15, 0.2) is 0 Å². The van der Waals surface area contributed by atoms with Crippen molar-refractivity contribution in [3.8, 4) is 5.75 Å². The number of halogens is 1. The summed E-state index contributed by atoms with van der Waals surface area (Å²) >= 11 is 0. The van der Waals surface area contributed by atoms with Crippen LogP contribution < -0.4 is 4.74 Å². The minimum atomic E-state index is -0.314. The lowest BCUT2D eigenvalue weighted by Crippen LogP contribution is -2.00. The molecule has 2 rings (SSSR count). The van der Waals surface area contributed by atoms with Crippen molar-refractivity contribution >= 4 is 0 Å². The Bertz CT molecular complexity index is 561. The molecule has 0 radical (unpaired) electrons. The number of rotatable bonds is 6. The highest BCUT2D eigenvalue weighted by molar-refractivity contribution is 5.34. The number of nitrogens with zero attached hydrogens (tertiary/aromatic N) is 1. The molecular weight excluding hydrogens is 285 g/mol. The summed E-state index contributed by atoms with van der Waals surface area (Å²) < 4.78 is 18.7. The molecule has 0 heterocycles. The molecule has 0 aliphatic heterocycles. The van der Waals surface area contributed by atoms with Gasteiger partial charge in [-0.2, -0.15) is 4.91 Å². The smallest absolute Gasteiger partial charge is 0.123 e. The molecule has 118 valence electrons. The van der Waals surface area contributed by atoms with Gasteiger partial charge in [-0.1, -0.05) is 35.5 Å². The van der Waals surface area contributed by atoms with E-state index in [0.29, 0.717) is 30.9 Å². The van der Waals surface area contributed by atoms with Gasteiger partial charge in [0.1, 0.15) is 18.2 Å². The largest absolute Gasteiger partial charge is 0.489 e. The normalized spacial score (nSPS) is 9.59. The molecule has 0 atom stereocenters. The van der Waals surface area contributed by atoms with Crippen molar-refractivity contribution in [2.45, 2.75) is 20.0 Å². The molecule has 0 spiro atoms. The number of benzene rings is 2. The molecule has 4 nitrogen and oxygen atoms in total. The predicted octanol–water partition coefficient (Wildman–Crippen LogP) is 3.71. The molecule has 22 heavy (non-hydrogen) atoms. The van der Waals surface area contributed by atoms with Crippen LogP contribution in [0.4, 0.5) is 4.39 Å². The van der Waals surface area contributed by atoms with Gasteiger partial charge in [-0.15, -0.1) is 0 Å². The SMILES string of the molecule is CCN=O.OCCc1cc(F)ccc1OCc1ccccc1. The van der Waals surface area contributed by atoms with E-state index in [0.717, 1.165) is 5.56 Å². The molecule has 0 fully saturated rings. The first-order valence-electron chi connectivity index (χ1n) is 7.06. The second-order valence-electron chi connectivity index (χ2n) is 4.45. The van der Waals surface area contributed by atoms with Crippen LogP contribution in [-0.2, 0) is 13.0 Å². The first kappa shape index (κ1) is 17.8. The minimum Gasteiger partial charge on any atom is -0.489 e. The Labute approximate surface area is 129 Å². The lowest BCUT2D eigenvalue weighted by Gasteiger charge is -2.11. The Balaban J connectivity index is 0.000000541. The Kier molecular flexibility index (Phi) is 8.45. The summed E-state index contributed by atoms with van der Waals surface area (Å²) in [4.78, 5) is 8.92. The summed E-state index contributed by atoms with van der Waals surface area (Å²) in [7, 11) is 0. The number of ether oxygens (including phenoxy) is 1. The Morgan fingerprint density at radius 1 is 1.18 bits per heavy atom. The molecule has 0 saturated heterocycles. The summed E-state index contributed by atoms with van der Waals surface area (Å²) in [6.45, 7) is 2.50. The maximum absolute atomic E-state index is 13.1. The molecule has 0 aromatic heterocycles. The van der Waals surface area contributed by atoms with Crippen molar-refractivity contribution in [2.24, 2.45) is 5.18 Å². The van der Waals surface area contributed by atoms with E-state index in [9.17, 15) is 4.39 Å². The first-order valence-corrected chi connectivity index (χ1v) is 7.06. The van der Waals surface area contributed by atoms with Gasteiger partial charge in [-0.05, 0) is 42.7 Å². The van der Waals surface area contributed by atoms with Crippen molar-refractivity contribution < 1.29 is 14.2 Å². The molecule has 0 unspecified atom stereocenters. The average molecular weight is 305 g/mol. The zero-order valence-electron chi connectivity index (χ0n) is 12.5. The van der Waals surface area contributed by atoms with Crippen LogP contribution in [0.5, 0.6) is 5.75 Å². The van der Waals surface area contributed by atoms with Gasteiger partial charge in [0.25, 0.3) is 0 Å². The topological polar surface area (TPSA) is 58.9 Å². The Morgan fingerprint density at radius 3 is 2.45 bits per heavy atom. The highest BCUT2D eigenvalue weighted by Gasteiger charge is 2.05. The van der Waals surface area contributed by atoms with Crippen molar-refractivity contribution in [2.75, 3.05) is 13.2 Å². The highest BCUT2D eigenvalue weighted by atomic mass is 19.1. The van der Waals surface area contributed by atoms with E-state index in [1.165, 1.54) is 12.1 Å². The van der Waals surface area contributed by atoms with Crippen LogP contribution in [0, 0.1) is 10.7 Å². The van der Waals surface area contributed by atoms with Gasteiger partial charge in [0.05, 0.1) is 6.54 Å². The van der Waals surface area contributed by atoms with Crippen LogP contribution in [-0.4, -0.2) is 18.3 Å². The molecule has 0 aliphatic carbocycles. The van der Waals surface area contributed by atoms with E-state index < -0.39 is 0 Å². The van der Waals surface area contributed by atoms with E-state index in [4.69, 9.17) is 14.8 Å². The number of hydrogen-bond donors (Lipinski definition) is 1. The fourth-order valence-electron chi connectivity index (χ4n) is 1.74. The zero-order valence-corrected chi connectivity index (χ0v) is 12.5. The Morgan fingerprint density at radius 2 is 1.86 bits per heavy atom. The average Bonchev–Trinajstić information content (AvgIpc) is 2.56. The maximum Gasteiger partial charge on any atom is 0.123 e. The second kappa shape index (κ2) is 10.5. The van der Waals surface area contributed by atoms with Gasteiger partial charge < -0.3 is 9.84 Å². The number of hydrogen-bond acceptors (Lipinski definition) is 4. The fourth-order valence-corrected chi connectivity index (χ4v) is 1.74. The molecule has 1 N–H and O–H groups in total. The summed E-state index contributed by atoms with van der Waals surface area (Å²) in [5.74, 6) is 0.305. The summed E-state index contributed by atoms with van der Waals surface area (Å²) in [6, 6.07) is 14.1. The minimum absolute atomic E-state index is 0.0227. The van der Waals surface area contributed by atoms with E-state index in [2.05, 4.69) is 5.18 Å². The summed E-state index contributed by atoms with van der Waals surface area (Å²) in [5, 5.41) is 11.4. The van der Waals surface area contributed by atoms with Crippen LogP contribution in [0.2, 0.25) is 0 Å². The third kappa shape index (κ3) is 6.45. The highest BCUT2D eigenvalue weighted by Crippen LogP contribution is 2.21. The van der Waals surface area contributed by atoms with Crippen molar-refractivity contribution in [1.29, 1.82) is 0 Å². The molecular formula is C17H20FNO3. The molecule has 0 bridgehead atoms. The molecule has 2 aromatic rings. The van der Waals surface area contributed by atoms with Crippen LogP contribution >= 0.6 is 0 Å². The van der Waals surface area contributed by atoms with Gasteiger partial charge in [0, 0.05) is 6.61 Å². The molecule has 2 aromatic carbocycles. The number of aliphatic hydroxyl groups is 1. The quantitative estimate of drug-likeness (QED) is 0.828. The summed E-state index contributed by atoms with van der Waals surface area (Å²) in [5.41, 5.74) is 1.74. The lowest BCUT2D eigenvalue weighted by molar-refractivity contribution is 0.283. The molecule has 0 saturated carbocycles. The van der Waals surface area contributed by atoms with Crippen molar-refractivity contribution in [3.05, 3.63) is 70.4 Å². The van der Waals surface area contributed by atoms with E-state index >= 15 is 0 Å². The first-order chi connectivity index (χ1) is 10.7. The number of aliphatic hydroxyl groups excluding tert-OH is 1. The zero-order chi connectivity index (χ0) is 16.2. The third-order valence-corrected chi connectivity index (χ3v) is 2.77. The van der Waals surface area contributed by atoms with Crippen LogP contribution in [0.25, 0.3) is 0 Å². The van der Waals surface area contributed by atoms with E-state index in [-0.39, 0.29) is 12.4 Å². The van der Waals surface area contributed by atoms with Crippen molar-refractivity contribution in [1.82, 2.24) is 0 Å². The van der Waals surface area contributed by atoms with Crippen molar-refractivity contribution in [3.63, 3.8) is 0 Å². The lowest BCUT2D eigenvalue weighted by atomic mass is 10.1. The predicted molar refractivity (Wildman–Crippen MR) is 84.3 cm³/mol. The molecule has 5 heteroatoms. The molecule has 0 aliphatic rings. The van der Waals surface area contributed by atoms with Gasteiger partial charge in [-0.25, -0.2) is 4.39 Å². The monoisotopic (exact) mass is 305 g/mol. The van der Waals surface area contributed by atoms with E-state index in [1.54, 1.807) is 13.0 Å². The van der Waals surface area contributed by atoms with Gasteiger partial charge >= 0.3 is 0 Å².